The molecule has 6 rings (SSSR count). The van der Waals surface area contributed by atoms with Gasteiger partial charge in [0.25, 0.3) is 5.91 Å². The van der Waals surface area contributed by atoms with Crippen LogP contribution in [0.4, 0.5) is 35.5 Å². The molecule has 59 heavy (non-hydrogen) atoms. The number of benzene rings is 3. The summed E-state index contributed by atoms with van der Waals surface area (Å²) in [5.74, 6) is -2.80. The van der Waals surface area contributed by atoms with Crippen LogP contribution in [0.2, 0.25) is 5.02 Å². The number of alkyl carbamates (subject to hydrolysis) is 1. The van der Waals surface area contributed by atoms with Gasteiger partial charge in [0.1, 0.15) is 13.2 Å². The standard InChI is InChI=1S/C40H36BrClF7N5O5/c1-37(2,40(47,48)49)22-39(25-9-11-26(41)12-10-25)33(56)53(35(52-39)51-36(57)59-20-23-6-4-3-5-7-23)30(21-58-31(55)19-38(15-16-38)32(43)44)24-8-13-28(42)27(18-24)29-14-17-50-54(29)34(45)46/h3-14,17-18,30,32,34H,15-16,19-22H2,1-2H3,(H,51,52,57)/t30-,39-/m1/s1. The van der Waals surface area contributed by atoms with Crippen molar-refractivity contribution >= 4 is 51.5 Å². The maximum absolute atomic E-state index is 15.3. The van der Waals surface area contributed by atoms with E-state index >= 15 is 4.79 Å². The molecule has 1 saturated carbocycles. The zero-order chi connectivity index (χ0) is 42.9. The van der Waals surface area contributed by atoms with E-state index in [0.717, 1.165) is 24.9 Å². The molecule has 0 spiro atoms. The van der Waals surface area contributed by atoms with Crippen LogP contribution in [0.25, 0.3) is 11.3 Å². The van der Waals surface area contributed by atoms with E-state index in [4.69, 9.17) is 21.1 Å². The monoisotopic (exact) mass is 913 g/mol. The van der Waals surface area contributed by atoms with Crippen LogP contribution in [-0.2, 0) is 31.2 Å². The third-order valence-corrected chi connectivity index (χ3v) is 11.2. The number of alkyl halides is 7. The van der Waals surface area contributed by atoms with Crippen LogP contribution in [-0.4, -0.2) is 57.8 Å². The second-order valence-corrected chi connectivity index (χ2v) is 16.3. The Morgan fingerprint density at radius 2 is 1.64 bits per heavy atom. The van der Waals surface area contributed by atoms with Gasteiger partial charge >= 0.3 is 24.8 Å². The number of amides is 2. The Morgan fingerprint density at radius 1 is 0.966 bits per heavy atom. The zero-order valence-corrected chi connectivity index (χ0v) is 33.6. The smallest absolute Gasteiger partial charge is 0.414 e. The van der Waals surface area contributed by atoms with E-state index in [2.05, 4.69) is 31.3 Å². The molecule has 2 atom stereocenters. The number of carbonyl (C=O) groups excluding carboxylic acids is 3. The molecule has 4 aromatic rings. The van der Waals surface area contributed by atoms with Gasteiger partial charge in [0.15, 0.2) is 5.54 Å². The van der Waals surface area contributed by atoms with E-state index in [1.807, 2.05) is 0 Å². The third-order valence-electron chi connectivity index (χ3n) is 10.4. The molecular formula is C40H36BrClF7N5O5. The fourth-order valence-corrected chi connectivity index (χ4v) is 7.25. The summed E-state index contributed by atoms with van der Waals surface area (Å²) in [6.45, 7) is -2.44. The summed E-state index contributed by atoms with van der Waals surface area (Å²) in [7, 11) is 0. The second kappa shape index (κ2) is 17.0. The van der Waals surface area contributed by atoms with Gasteiger partial charge in [-0.1, -0.05) is 89.9 Å². The molecule has 10 nitrogen and oxygen atoms in total. The lowest BCUT2D eigenvalue weighted by Crippen LogP contribution is -2.50. The number of carbonyl (C=O) groups is 3. The van der Waals surface area contributed by atoms with Crippen LogP contribution in [0.5, 0.6) is 0 Å². The Morgan fingerprint density at radius 3 is 2.25 bits per heavy atom. The van der Waals surface area contributed by atoms with Crippen molar-refractivity contribution in [2.45, 2.75) is 76.9 Å². The van der Waals surface area contributed by atoms with Crippen LogP contribution in [0.1, 0.15) is 68.8 Å². The Hall–Kier alpha value is -4.97. The average molecular weight is 915 g/mol. The molecule has 0 unspecified atom stereocenters. The number of hydrogen-bond acceptors (Lipinski definition) is 7. The molecule has 2 aliphatic rings. The van der Waals surface area contributed by atoms with E-state index in [1.165, 1.54) is 48.5 Å². The van der Waals surface area contributed by atoms with Crippen molar-refractivity contribution < 1.29 is 54.6 Å². The van der Waals surface area contributed by atoms with Crippen molar-refractivity contribution in [1.82, 2.24) is 20.0 Å². The van der Waals surface area contributed by atoms with Crippen molar-refractivity contribution in [3.8, 4) is 11.3 Å². The zero-order valence-electron chi connectivity index (χ0n) is 31.3. The summed E-state index contributed by atoms with van der Waals surface area (Å²) in [6, 6.07) is 17.7. The summed E-state index contributed by atoms with van der Waals surface area (Å²) in [5.41, 5.74) is -6.24. The molecule has 1 aromatic heterocycles. The number of halogens is 9. The van der Waals surface area contributed by atoms with E-state index in [1.54, 1.807) is 30.3 Å². The summed E-state index contributed by atoms with van der Waals surface area (Å²) < 4.78 is 112. The molecule has 1 aliphatic carbocycles. The molecule has 0 saturated heterocycles. The summed E-state index contributed by atoms with van der Waals surface area (Å²) in [6.07, 6.45) is -9.35. The highest BCUT2D eigenvalue weighted by atomic mass is 79.9. The Balaban J connectivity index is 1.50. The van der Waals surface area contributed by atoms with E-state index in [-0.39, 0.29) is 46.9 Å². The first-order chi connectivity index (χ1) is 27.8. The minimum Gasteiger partial charge on any atom is -0.463 e. The van der Waals surface area contributed by atoms with Crippen molar-refractivity contribution in [3.63, 3.8) is 0 Å². The molecule has 1 aliphatic heterocycles. The first-order valence-electron chi connectivity index (χ1n) is 18.1. The van der Waals surface area contributed by atoms with Crippen LogP contribution in [0.15, 0.2) is 94.5 Å². The SMILES string of the molecule is CC(C)(C[C@]1(c2ccc(Br)cc2)N=C(NC(=O)OCc2ccccc2)N([C@H](COC(=O)CC2(C(F)F)CC2)c2ccc(Cl)c(-c3ccnn3C(F)F)c2)C1=O)C(F)(F)F. The van der Waals surface area contributed by atoms with Gasteiger partial charge in [0, 0.05) is 26.7 Å². The van der Waals surface area contributed by atoms with Crippen molar-refractivity contribution in [2.75, 3.05) is 6.61 Å². The second-order valence-electron chi connectivity index (χ2n) is 14.9. The highest BCUT2D eigenvalue weighted by molar-refractivity contribution is 9.10. The molecule has 1 N–H and O–H groups in total. The summed E-state index contributed by atoms with van der Waals surface area (Å²) in [4.78, 5) is 47.3. The summed E-state index contributed by atoms with van der Waals surface area (Å²) >= 11 is 9.79. The van der Waals surface area contributed by atoms with Crippen molar-refractivity contribution in [1.29, 1.82) is 0 Å². The largest absolute Gasteiger partial charge is 0.463 e. The molecule has 2 amide bonds. The lowest BCUT2D eigenvalue weighted by atomic mass is 9.74. The minimum atomic E-state index is -4.88. The number of hydrogen-bond donors (Lipinski definition) is 1. The Labute approximate surface area is 346 Å². The van der Waals surface area contributed by atoms with Crippen molar-refractivity contribution in [3.05, 3.63) is 111 Å². The molecular weight excluding hydrogens is 879 g/mol. The number of nitrogens with zero attached hydrogens (tertiary/aromatic N) is 4. The van der Waals surface area contributed by atoms with Gasteiger partial charge in [-0.3, -0.25) is 19.8 Å². The molecule has 0 radical (unpaired) electrons. The van der Waals surface area contributed by atoms with Crippen LogP contribution in [0, 0.1) is 10.8 Å². The Kier molecular flexibility index (Phi) is 12.5. The number of esters is 1. The lowest BCUT2D eigenvalue weighted by Gasteiger charge is -2.37. The van der Waals surface area contributed by atoms with E-state index in [9.17, 15) is 40.3 Å². The molecule has 314 valence electrons. The van der Waals surface area contributed by atoms with Crippen LogP contribution in [0.3, 0.4) is 0 Å². The first-order valence-corrected chi connectivity index (χ1v) is 19.2. The van der Waals surface area contributed by atoms with E-state index < -0.39 is 84.9 Å². The molecule has 0 bridgehead atoms. The maximum Gasteiger partial charge on any atom is 0.414 e. The number of guanidine groups is 1. The third kappa shape index (κ3) is 9.27. The highest BCUT2D eigenvalue weighted by Crippen LogP contribution is 2.54. The predicted molar refractivity (Wildman–Crippen MR) is 204 cm³/mol. The Bertz CT molecular complexity index is 2220. The first kappa shape index (κ1) is 43.6. The molecule has 19 heteroatoms. The topological polar surface area (TPSA) is 115 Å². The van der Waals surface area contributed by atoms with E-state index in [0.29, 0.717) is 14.7 Å². The predicted octanol–water partition coefficient (Wildman–Crippen LogP) is 10.4. The normalized spacial score (nSPS) is 18.2. The number of aromatic nitrogens is 2. The molecule has 3 aromatic carbocycles. The number of aliphatic imine (C=N–C) groups is 1. The lowest BCUT2D eigenvalue weighted by molar-refractivity contribution is -0.218. The number of nitrogens with one attached hydrogen (secondary N) is 1. The van der Waals surface area contributed by atoms with Gasteiger partial charge in [-0.05, 0) is 66.3 Å². The molecule has 1 fully saturated rings. The van der Waals surface area contributed by atoms with Gasteiger partial charge in [-0.25, -0.2) is 23.2 Å². The average Bonchev–Trinajstić information content (AvgIpc) is 3.70. The van der Waals surface area contributed by atoms with Crippen LogP contribution < -0.4 is 5.32 Å². The number of ether oxygens (including phenoxy) is 2. The quantitative estimate of drug-likeness (QED) is 0.0995. The van der Waals surface area contributed by atoms with Gasteiger partial charge in [-0.15, -0.1) is 0 Å². The molecule has 2 heterocycles. The fourth-order valence-electron chi connectivity index (χ4n) is 6.77. The van der Waals surface area contributed by atoms with Crippen LogP contribution >= 0.6 is 27.5 Å². The van der Waals surface area contributed by atoms with Gasteiger partial charge in [-0.2, -0.15) is 27.1 Å². The highest BCUT2D eigenvalue weighted by Gasteiger charge is 2.60. The maximum atomic E-state index is 15.3. The minimum absolute atomic E-state index is 0.0106. The fraction of sp³-hybridized carbons (Fsp3) is 0.375. The van der Waals surface area contributed by atoms with Crippen molar-refractivity contribution in [2.24, 2.45) is 15.8 Å². The number of rotatable bonds is 14. The summed E-state index contributed by atoms with van der Waals surface area (Å²) in [5, 5.41) is 5.98. The van der Waals surface area contributed by atoms with Gasteiger partial charge < -0.3 is 9.47 Å². The van der Waals surface area contributed by atoms with Gasteiger partial charge in [0.2, 0.25) is 12.4 Å². The van der Waals surface area contributed by atoms with Gasteiger partial charge in [0.05, 0.1) is 23.6 Å².